The molecular weight excluding hydrogens is 342 g/mol. The predicted molar refractivity (Wildman–Crippen MR) is 105 cm³/mol. The Morgan fingerprint density at radius 2 is 1.85 bits per heavy atom. The van der Waals surface area contributed by atoms with Crippen LogP contribution in [0.3, 0.4) is 0 Å². The summed E-state index contributed by atoms with van der Waals surface area (Å²) in [6, 6.07) is 21.7. The Morgan fingerprint density at radius 3 is 2.69 bits per heavy atom. The number of carbonyl (C=O) groups is 1. The van der Waals surface area contributed by atoms with E-state index in [9.17, 15) is 4.79 Å². The Labute approximate surface area is 153 Å². The molecule has 5 aromatic rings. The van der Waals surface area contributed by atoms with Crippen LogP contribution in [-0.4, -0.2) is 21.0 Å². The molecule has 0 unspecified atom stereocenters. The van der Waals surface area contributed by atoms with Crippen LogP contribution in [0.4, 0.5) is 0 Å². The Hall–Kier alpha value is -3.31. The Bertz CT molecular complexity index is 1220. The highest BCUT2D eigenvalue weighted by molar-refractivity contribution is 7.22. The van der Waals surface area contributed by atoms with Crippen molar-refractivity contribution in [3.05, 3.63) is 84.3 Å². The number of pyridine rings is 1. The van der Waals surface area contributed by atoms with Crippen LogP contribution < -0.4 is 0 Å². The van der Waals surface area contributed by atoms with Crippen molar-refractivity contribution in [1.29, 1.82) is 0 Å². The lowest BCUT2D eigenvalue weighted by Crippen LogP contribution is -2.04. The first kappa shape index (κ1) is 15.0. The van der Waals surface area contributed by atoms with Gasteiger partial charge >= 0.3 is 0 Å². The number of benzene rings is 2. The topological polar surface area (TPSA) is 58.6 Å². The maximum absolute atomic E-state index is 12.8. The van der Waals surface area contributed by atoms with Gasteiger partial charge in [-0.05, 0) is 29.7 Å². The van der Waals surface area contributed by atoms with E-state index in [1.165, 1.54) is 10.1 Å². The molecule has 4 nitrogen and oxygen atoms in total. The van der Waals surface area contributed by atoms with Gasteiger partial charge in [-0.1, -0.05) is 42.5 Å². The van der Waals surface area contributed by atoms with E-state index in [-0.39, 0.29) is 5.78 Å². The second kappa shape index (κ2) is 5.89. The molecule has 5 rings (SSSR count). The SMILES string of the molecule is O=C(c1ccccn1)c1n[nH]c2c(-c3cc4ccccc4s3)cccc12. The average molecular weight is 355 g/mol. The van der Waals surface area contributed by atoms with Gasteiger partial charge in [0.1, 0.15) is 11.4 Å². The minimum atomic E-state index is -0.176. The van der Waals surface area contributed by atoms with Crippen molar-refractivity contribution in [2.24, 2.45) is 0 Å². The molecule has 0 saturated heterocycles. The van der Waals surface area contributed by atoms with Gasteiger partial charge in [-0.25, -0.2) is 0 Å². The number of aromatic amines is 1. The molecule has 0 aliphatic carbocycles. The van der Waals surface area contributed by atoms with Crippen molar-refractivity contribution in [3.8, 4) is 10.4 Å². The van der Waals surface area contributed by atoms with Gasteiger partial charge in [0.25, 0.3) is 0 Å². The Balaban J connectivity index is 1.67. The molecule has 0 fully saturated rings. The molecule has 0 bridgehead atoms. The van der Waals surface area contributed by atoms with Gasteiger partial charge in [0.2, 0.25) is 5.78 Å². The number of thiophene rings is 1. The highest BCUT2D eigenvalue weighted by Crippen LogP contribution is 2.37. The summed E-state index contributed by atoms with van der Waals surface area (Å²) in [5, 5.41) is 9.39. The first-order valence-electron chi connectivity index (χ1n) is 8.23. The first-order valence-corrected chi connectivity index (χ1v) is 9.05. The normalized spacial score (nSPS) is 11.2. The molecule has 124 valence electrons. The Morgan fingerprint density at radius 1 is 0.962 bits per heavy atom. The molecule has 1 N–H and O–H groups in total. The maximum Gasteiger partial charge on any atom is 0.232 e. The fourth-order valence-corrected chi connectivity index (χ4v) is 4.25. The van der Waals surface area contributed by atoms with Crippen LogP contribution in [-0.2, 0) is 0 Å². The van der Waals surface area contributed by atoms with Crippen molar-refractivity contribution < 1.29 is 4.79 Å². The second-order valence-corrected chi connectivity index (χ2v) is 7.08. The van der Waals surface area contributed by atoms with Crippen LogP contribution in [0.5, 0.6) is 0 Å². The first-order chi connectivity index (χ1) is 12.8. The zero-order chi connectivity index (χ0) is 17.5. The van der Waals surface area contributed by atoms with Gasteiger partial charge in [0, 0.05) is 26.7 Å². The number of ketones is 1. The molecule has 0 amide bonds. The Kier molecular flexibility index (Phi) is 3.40. The number of hydrogen-bond acceptors (Lipinski definition) is 4. The highest BCUT2D eigenvalue weighted by atomic mass is 32.1. The van der Waals surface area contributed by atoms with Crippen LogP contribution in [0, 0.1) is 0 Å². The zero-order valence-corrected chi connectivity index (χ0v) is 14.5. The van der Waals surface area contributed by atoms with Crippen molar-refractivity contribution in [2.45, 2.75) is 0 Å². The average Bonchev–Trinajstić information content (AvgIpc) is 3.32. The fourth-order valence-electron chi connectivity index (χ4n) is 3.15. The van der Waals surface area contributed by atoms with Crippen molar-refractivity contribution in [1.82, 2.24) is 15.2 Å². The van der Waals surface area contributed by atoms with Crippen LogP contribution >= 0.6 is 11.3 Å². The number of nitrogens with one attached hydrogen (secondary N) is 1. The van der Waals surface area contributed by atoms with E-state index in [4.69, 9.17) is 0 Å². The number of para-hydroxylation sites is 1. The number of fused-ring (bicyclic) bond motifs is 2. The third-order valence-corrected chi connectivity index (χ3v) is 5.55. The lowest BCUT2D eigenvalue weighted by molar-refractivity contribution is 0.103. The van der Waals surface area contributed by atoms with Gasteiger partial charge < -0.3 is 0 Å². The second-order valence-electron chi connectivity index (χ2n) is 5.99. The summed E-state index contributed by atoms with van der Waals surface area (Å²) in [5.74, 6) is -0.176. The summed E-state index contributed by atoms with van der Waals surface area (Å²) in [4.78, 5) is 18.1. The quantitative estimate of drug-likeness (QED) is 0.460. The summed E-state index contributed by atoms with van der Waals surface area (Å²) in [5.41, 5.74) is 2.73. The largest absolute Gasteiger partial charge is 0.285 e. The molecule has 26 heavy (non-hydrogen) atoms. The monoisotopic (exact) mass is 355 g/mol. The van der Waals surface area contributed by atoms with E-state index in [1.807, 2.05) is 24.3 Å². The predicted octanol–water partition coefficient (Wildman–Crippen LogP) is 5.07. The summed E-state index contributed by atoms with van der Waals surface area (Å²) in [6.07, 6.45) is 1.62. The van der Waals surface area contributed by atoms with E-state index < -0.39 is 0 Å². The third-order valence-electron chi connectivity index (χ3n) is 4.40. The van der Waals surface area contributed by atoms with E-state index in [1.54, 1.807) is 35.7 Å². The molecule has 0 aliphatic rings. The van der Waals surface area contributed by atoms with Gasteiger partial charge in [-0.15, -0.1) is 11.3 Å². The van der Waals surface area contributed by atoms with Crippen molar-refractivity contribution in [3.63, 3.8) is 0 Å². The smallest absolute Gasteiger partial charge is 0.232 e. The van der Waals surface area contributed by atoms with Crippen LogP contribution in [0.15, 0.2) is 72.9 Å². The molecule has 5 heteroatoms. The lowest BCUT2D eigenvalue weighted by atomic mass is 10.1. The summed E-state index contributed by atoms with van der Waals surface area (Å²) >= 11 is 1.73. The van der Waals surface area contributed by atoms with E-state index in [2.05, 4.69) is 39.4 Å². The highest BCUT2D eigenvalue weighted by Gasteiger charge is 2.19. The van der Waals surface area contributed by atoms with E-state index >= 15 is 0 Å². The lowest BCUT2D eigenvalue weighted by Gasteiger charge is -2.00. The number of carbonyl (C=O) groups excluding carboxylic acids is 1. The standard InChI is InChI=1S/C21H13N3OS/c25-21(16-9-3-4-11-22-16)20-15-8-5-7-14(19(15)23-24-20)18-12-13-6-1-2-10-17(13)26-18/h1-12H,(H,23,24). The number of nitrogens with zero attached hydrogens (tertiary/aromatic N) is 2. The van der Waals surface area contributed by atoms with Crippen molar-refractivity contribution >= 4 is 38.1 Å². The minimum Gasteiger partial charge on any atom is -0.285 e. The van der Waals surface area contributed by atoms with Crippen molar-refractivity contribution in [2.75, 3.05) is 0 Å². The third kappa shape index (κ3) is 2.33. The summed E-state index contributed by atoms with van der Waals surface area (Å²) in [7, 11) is 0. The number of aromatic nitrogens is 3. The molecule has 3 heterocycles. The summed E-state index contributed by atoms with van der Waals surface area (Å²) < 4.78 is 1.24. The van der Waals surface area contributed by atoms with Gasteiger partial charge in [0.15, 0.2) is 0 Å². The summed E-state index contributed by atoms with van der Waals surface area (Å²) in [6.45, 7) is 0. The maximum atomic E-state index is 12.8. The number of hydrogen-bond donors (Lipinski definition) is 1. The molecule has 2 aromatic carbocycles. The molecule has 0 atom stereocenters. The van der Waals surface area contributed by atoms with Crippen LogP contribution in [0.1, 0.15) is 16.2 Å². The number of rotatable bonds is 3. The molecule has 3 aromatic heterocycles. The molecule has 0 saturated carbocycles. The van der Waals surface area contributed by atoms with E-state index in [0.29, 0.717) is 11.4 Å². The molecular formula is C21H13N3OS. The van der Waals surface area contributed by atoms with E-state index in [0.717, 1.165) is 21.3 Å². The number of H-pyrrole nitrogens is 1. The molecule has 0 radical (unpaired) electrons. The van der Waals surface area contributed by atoms with Crippen LogP contribution in [0.25, 0.3) is 31.4 Å². The molecule has 0 spiro atoms. The van der Waals surface area contributed by atoms with Crippen LogP contribution in [0.2, 0.25) is 0 Å². The van der Waals surface area contributed by atoms with Gasteiger partial charge in [-0.2, -0.15) is 5.10 Å². The fraction of sp³-hybridized carbons (Fsp3) is 0. The minimum absolute atomic E-state index is 0.176. The van der Waals surface area contributed by atoms with Gasteiger partial charge in [-0.3, -0.25) is 14.9 Å². The zero-order valence-electron chi connectivity index (χ0n) is 13.6. The molecule has 0 aliphatic heterocycles. The van der Waals surface area contributed by atoms with Gasteiger partial charge in [0.05, 0.1) is 5.52 Å².